The molecule has 0 unspecified atom stereocenters. The molecule has 0 saturated heterocycles. The fourth-order valence-electron chi connectivity index (χ4n) is 0.908. The highest BCUT2D eigenvalue weighted by Gasteiger charge is 2.28. The molecule has 0 fully saturated rings. The molecule has 1 amide bonds. The quantitative estimate of drug-likeness (QED) is 0.479. The summed E-state index contributed by atoms with van der Waals surface area (Å²) in [4.78, 5) is 20.9. The zero-order valence-electron chi connectivity index (χ0n) is 8.27. The zero-order valence-corrected chi connectivity index (χ0v) is 8.27. The Morgan fingerprint density at radius 1 is 1.73 bits per heavy atom. The van der Waals surface area contributed by atoms with Gasteiger partial charge >= 0.3 is 5.82 Å². The van der Waals surface area contributed by atoms with Crippen molar-refractivity contribution in [3.63, 3.8) is 0 Å². The monoisotopic (exact) mass is 213 g/mol. The van der Waals surface area contributed by atoms with Crippen molar-refractivity contribution in [1.29, 1.82) is 0 Å². The number of H-pyrrole nitrogens is 1. The van der Waals surface area contributed by atoms with Gasteiger partial charge in [0, 0.05) is 0 Å². The van der Waals surface area contributed by atoms with Crippen LogP contribution >= 0.6 is 0 Å². The lowest BCUT2D eigenvalue weighted by Crippen LogP contribution is -2.45. The summed E-state index contributed by atoms with van der Waals surface area (Å²) in [7, 11) is 0. The molecule has 0 saturated carbocycles. The highest BCUT2D eigenvalue weighted by atomic mass is 16.6. The lowest BCUT2D eigenvalue weighted by Gasteiger charge is -2.21. The van der Waals surface area contributed by atoms with Gasteiger partial charge in [-0.2, -0.15) is 0 Å². The SMILES string of the molecule is CC(C)(Nc1cn[nH]c1[N+](=O)[O-])C(N)=O. The molecule has 0 aliphatic heterocycles. The second kappa shape index (κ2) is 3.56. The van der Waals surface area contributed by atoms with Crippen LogP contribution in [0.2, 0.25) is 0 Å². The maximum atomic E-state index is 11.0. The third-order valence-corrected chi connectivity index (χ3v) is 1.86. The van der Waals surface area contributed by atoms with Crippen LogP contribution in [0.25, 0.3) is 0 Å². The van der Waals surface area contributed by atoms with Gasteiger partial charge in [0.05, 0.1) is 0 Å². The average molecular weight is 213 g/mol. The third kappa shape index (κ3) is 2.22. The van der Waals surface area contributed by atoms with Crippen LogP contribution in [-0.2, 0) is 4.79 Å². The molecule has 1 aromatic heterocycles. The summed E-state index contributed by atoms with van der Waals surface area (Å²) in [6, 6.07) is 0. The van der Waals surface area contributed by atoms with Gasteiger partial charge in [-0.15, -0.1) is 5.10 Å². The van der Waals surface area contributed by atoms with Crippen molar-refractivity contribution in [1.82, 2.24) is 10.2 Å². The third-order valence-electron chi connectivity index (χ3n) is 1.86. The molecular weight excluding hydrogens is 202 g/mol. The number of anilines is 1. The van der Waals surface area contributed by atoms with E-state index < -0.39 is 16.4 Å². The van der Waals surface area contributed by atoms with Crippen LogP contribution in [0.3, 0.4) is 0 Å². The van der Waals surface area contributed by atoms with E-state index in [2.05, 4.69) is 15.5 Å². The van der Waals surface area contributed by atoms with E-state index in [9.17, 15) is 14.9 Å². The molecule has 4 N–H and O–H groups in total. The molecule has 0 radical (unpaired) electrons. The Hall–Kier alpha value is -2.12. The van der Waals surface area contributed by atoms with Crippen LogP contribution < -0.4 is 11.1 Å². The maximum absolute atomic E-state index is 11.0. The van der Waals surface area contributed by atoms with Gasteiger partial charge < -0.3 is 21.2 Å². The van der Waals surface area contributed by atoms with Gasteiger partial charge in [-0.05, 0) is 18.8 Å². The number of rotatable bonds is 4. The fraction of sp³-hybridized carbons (Fsp3) is 0.429. The molecule has 8 nitrogen and oxygen atoms in total. The molecule has 8 heteroatoms. The number of amides is 1. The second-order valence-corrected chi connectivity index (χ2v) is 3.50. The Balaban J connectivity index is 2.95. The van der Waals surface area contributed by atoms with E-state index in [4.69, 9.17) is 5.73 Å². The van der Waals surface area contributed by atoms with Gasteiger partial charge in [0.15, 0.2) is 5.69 Å². The van der Waals surface area contributed by atoms with Gasteiger partial charge in [-0.1, -0.05) is 5.10 Å². The van der Waals surface area contributed by atoms with Crippen molar-refractivity contribution in [3.8, 4) is 0 Å². The summed E-state index contributed by atoms with van der Waals surface area (Å²) in [5, 5.41) is 18.9. The van der Waals surface area contributed by atoms with Crippen LogP contribution in [0.15, 0.2) is 6.20 Å². The lowest BCUT2D eigenvalue weighted by atomic mass is 10.1. The van der Waals surface area contributed by atoms with E-state index in [-0.39, 0.29) is 11.5 Å². The molecule has 0 aromatic carbocycles. The van der Waals surface area contributed by atoms with E-state index in [1.54, 1.807) is 0 Å². The summed E-state index contributed by atoms with van der Waals surface area (Å²) >= 11 is 0. The Labute approximate surface area is 85.0 Å². The standard InChI is InChI=1S/C7H11N5O3/c1-7(2,6(8)13)10-4-3-9-11-5(4)12(14)15/h3,10H,1-2H3,(H2,8,13)(H,9,11). The topological polar surface area (TPSA) is 127 Å². The second-order valence-electron chi connectivity index (χ2n) is 3.50. The largest absolute Gasteiger partial charge is 0.368 e. The van der Waals surface area contributed by atoms with Gasteiger partial charge in [-0.3, -0.25) is 4.79 Å². The Morgan fingerprint density at radius 3 is 2.80 bits per heavy atom. The summed E-state index contributed by atoms with van der Waals surface area (Å²) in [6.45, 7) is 3.04. The lowest BCUT2D eigenvalue weighted by molar-refractivity contribution is -0.388. The van der Waals surface area contributed by atoms with E-state index in [1.807, 2.05) is 0 Å². The molecule has 82 valence electrons. The number of carbonyl (C=O) groups is 1. The maximum Gasteiger partial charge on any atom is 0.366 e. The number of hydrogen-bond acceptors (Lipinski definition) is 5. The summed E-state index contributed by atoms with van der Waals surface area (Å²) in [5.41, 5.74) is 4.16. The first-order chi connectivity index (χ1) is 6.84. The van der Waals surface area contributed by atoms with Crippen LogP contribution in [-0.4, -0.2) is 26.6 Å². The molecule has 0 aliphatic rings. The van der Waals surface area contributed by atoms with E-state index in [0.29, 0.717) is 0 Å². The van der Waals surface area contributed by atoms with Gasteiger partial charge in [0.1, 0.15) is 11.7 Å². The zero-order chi connectivity index (χ0) is 11.6. The van der Waals surface area contributed by atoms with E-state index >= 15 is 0 Å². The molecule has 15 heavy (non-hydrogen) atoms. The highest BCUT2D eigenvalue weighted by molar-refractivity contribution is 5.87. The predicted octanol–water partition coefficient (Wildman–Crippen LogP) is -0.00630. The molecule has 0 atom stereocenters. The summed E-state index contributed by atoms with van der Waals surface area (Å²) in [6.07, 6.45) is 1.23. The fourth-order valence-corrected chi connectivity index (χ4v) is 0.908. The molecule has 0 aliphatic carbocycles. The molecule has 0 bridgehead atoms. The number of aromatic amines is 1. The van der Waals surface area contributed by atoms with Crippen molar-refractivity contribution < 1.29 is 9.72 Å². The first kappa shape index (κ1) is 11.0. The molecular formula is C7H11N5O3. The Kier molecular flexibility index (Phi) is 2.60. The van der Waals surface area contributed by atoms with Gasteiger partial charge in [-0.25, -0.2) is 0 Å². The normalized spacial score (nSPS) is 11.1. The first-order valence-electron chi connectivity index (χ1n) is 4.10. The molecule has 1 heterocycles. The minimum atomic E-state index is -1.07. The number of nitrogens with zero attached hydrogens (tertiary/aromatic N) is 2. The number of nitrogens with two attached hydrogens (primary N) is 1. The number of hydrogen-bond donors (Lipinski definition) is 3. The van der Waals surface area contributed by atoms with Crippen LogP contribution in [0.5, 0.6) is 0 Å². The number of nitro groups is 1. The molecule has 1 aromatic rings. The Morgan fingerprint density at radius 2 is 2.33 bits per heavy atom. The van der Waals surface area contributed by atoms with Gasteiger partial charge in [0.25, 0.3) is 0 Å². The van der Waals surface area contributed by atoms with Crippen molar-refractivity contribution in [2.75, 3.05) is 5.32 Å². The van der Waals surface area contributed by atoms with E-state index in [1.165, 1.54) is 20.0 Å². The average Bonchev–Trinajstić information content (AvgIpc) is 2.51. The summed E-state index contributed by atoms with van der Waals surface area (Å²) in [5.74, 6) is -0.915. The Bertz CT molecular complexity index is 397. The number of aromatic nitrogens is 2. The number of nitrogens with one attached hydrogen (secondary N) is 2. The van der Waals surface area contributed by atoms with Crippen LogP contribution in [0, 0.1) is 10.1 Å². The van der Waals surface area contributed by atoms with Crippen molar-refractivity contribution in [2.24, 2.45) is 5.73 Å². The van der Waals surface area contributed by atoms with Crippen LogP contribution in [0.4, 0.5) is 11.5 Å². The smallest absolute Gasteiger partial charge is 0.366 e. The van der Waals surface area contributed by atoms with Gasteiger partial charge in [0.2, 0.25) is 5.91 Å². The first-order valence-corrected chi connectivity index (χ1v) is 4.10. The van der Waals surface area contributed by atoms with Crippen molar-refractivity contribution >= 4 is 17.4 Å². The summed E-state index contributed by atoms with van der Waals surface area (Å²) < 4.78 is 0. The highest BCUT2D eigenvalue weighted by Crippen LogP contribution is 2.23. The molecule has 0 spiro atoms. The van der Waals surface area contributed by atoms with Crippen LogP contribution in [0.1, 0.15) is 13.8 Å². The number of primary amides is 1. The van der Waals surface area contributed by atoms with Crippen molar-refractivity contribution in [3.05, 3.63) is 16.3 Å². The predicted molar refractivity (Wildman–Crippen MR) is 52.1 cm³/mol. The molecule has 1 rings (SSSR count). The van der Waals surface area contributed by atoms with E-state index in [0.717, 1.165) is 0 Å². The minimum absolute atomic E-state index is 0.129. The van der Waals surface area contributed by atoms with Crippen molar-refractivity contribution in [2.45, 2.75) is 19.4 Å². The number of carbonyl (C=O) groups excluding carboxylic acids is 1. The minimum Gasteiger partial charge on any atom is -0.368 e.